The maximum Gasteiger partial charge on any atom is 0.410 e. The van der Waals surface area contributed by atoms with E-state index in [1.54, 1.807) is 30.6 Å². The van der Waals surface area contributed by atoms with Crippen LogP contribution in [0.5, 0.6) is 12.0 Å². The van der Waals surface area contributed by atoms with Gasteiger partial charge in [0.05, 0.1) is 37.1 Å². The van der Waals surface area contributed by atoms with E-state index in [1.807, 2.05) is 72.8 Å². The Morgan fingerprint density at radius 2 is 0.990 bits per heavy atom. The van der Waals surface area contributed by atoms with Crippen LogP contribution in [0.4, 0.5) is 46.2 Å². The summed E-state index contributed by atoms with van der Waals surface area (Å²) >= 11 is 0. The third-order valence-corrected chi connectivity index (χ3v) is 19.3. The third-order valence-electron chi connectivity index (χ3n) is 19.3. The number of nitrogens with zero attached hydrogens (tertiary/aromatic N) is 13. The lowest BCUT2D eigenvalue weighted by atomic mass is 10.0. The lowest BCUT2D eigenvalue weighted by Crippen LogP contribution is -2.57. The number of anilines is 4. The van der Waals surface area contributed by atoms with Gasteiger partial charge in [-0.15, -0.1) is 0 Å². The second-order valence-corrected chi connectivity index (χ2v) is 27.4. The topological polar surface area (TPSA) is 192 Å². The number of benzene rings is 6. The van der Waals surface area contributed by atoms with Crippen LogP contribution in [0.15, 0.2) is 146 Å². The molecule has 22 nitrogen and oxygen atoms in total. The van der Waals surface area contributed by atoms with Gasteiger partial charge in [0.2, 0.25) is 13.1 Å². The minimum atomic E-state index is -1.20. The van der Waals surface area contributed by atoms with E-state index in [2.05, 4.69) is 107 Å². The van der Waals surface area contributed by atoms with Gasteiger partial charge in [-0.1, -0.05) is 133 Å². The molecular formula is C77H84F2N14O8. The lowest BCUT2D eigenvalue weighted by Gasteiger charge is -2.40. The summed E-state index contributed by atoms with van der Waals surface area (Å²) in [6.45, 7) is 26.9. The first kappa shape index (κ1) is 68.9. The molecule has 8 aromatic rings. The van der Waals surface area contributed by atoms with Crippen molar-refractivity contribution in [1.82, 2.24) is 40.0 Å². The summed E-state index contributed by atoms with van der Waals surface area (Å²) in [7, 11) is 0. The van der Waals surface area contributed by atoms with Crippen molar-refractivity contribution < 1.29 is 46.8 Å². The zero-order valence-electron chi connectivity index (χ0n) is 57.2. The van der Waals surface area contributed by atoms with Crippen LogP contribution in [0.2, 0.25) is 0 Å². The molecule has 0 aliphatic carbocycles. The minimum absolute atomic E-state index is 0.00763. The molecule has 6 aliphatic rings. The quantitative estimate of drug-likeness (QED) is 0.0709. The molecule has 0 spiro atoms. The Morgan fingerprint density at radius 1 is 0.515 bits per heavy atom. The average Bonchev–Trinajstić information content (AvgIpc) is 1.24. The molecule has 6 aliphatic heterocycles. The van der Waals surface area contributed by atoms with Gasteiger partial charge in [0.25, 0.3) is 0 Å². The molecule has 6 aromatic carbocycles. The Hall–Kier alpha value is -10.6. The van der Waals surface area contributed by atoms with Crippen molar-refractivity contribution in [3.05, 3.63) is 202 Å². The number of fused-ring (bicyclic) bond motifs is 4. The van der Waals surface area contributed by atoms with Gasteiger partial charge < -0.3 is 58.3 Å². The van der Waals surface area contributed by atoms with E-state index in [4.69, 9.17) is 56.8 Å². The first-order valence-electron chi connectivity index (χ1n) is 34.7. The maximum atomic E-state index is 14.7. The summed E-state index contributed by atoms with van der Waals surface area (Å²) < 4.78 is 57.8. The molecule has 4 fully saturated rings. The molecule has 0 bridgehead atoms. The van der Waals surface area contributed by atoms with Gasteiger partial charge in [-0.3, -0.25) is 14.7 Å². The maximum absolute atomic E-state index is 14.7. The molecular weight excluding hydrogens is 1290 g/mol. The van der Waals surface area contributed by atoms with Crippen LogP contribution in [0, 0.1) is 13.1 Å². The van der Waals surface area contributed by atoms with Crippen molar-refractivity contribution in [3.63, 3.8) is 0 Å². The molecule has 0 radical (unpaired) electrons. The fourth-order valence-electron chi connectivity index (χ4n) is 14.3. The van der Waals surface area contributed by atoms with Crippen molar-refractivity contribution in [2.45, 2.75) is 115 Å². The fourth-order valence-corrected chi connectivity index (χ4v) is 14.3. The molecule has 524 valence electrons. The SMILES string of the molecule is [C-]#[N+]CC1CN(c2nc(OC[C@@H]3C[C@@H](F)CN3)nc3c2CCN(c2cccc4ccccc24)C3)CCN1C(=O)OCc1ccccc1.[C-]#[N+]CC1CN(c2nc(OC[C@@H]3C[C@@H](F)CN3C(=O)OC(C)(C)C)nc3c2CCN(c2cccc4ccccc24)C3)CCN1C(=O)OCc1ccccc1. The molecule has 0 saturated carbocycles. The normalized spacial score (nSPS) is 20.4. The number of hydrogen-bond acceptors (Lipinski definition) is 17. The van der Waals surface area contributed by atoms with Crippen molar-refractivity contribution in [1.29, 1.82) is 0 Å². The molecule has 4 saturated heterocycles. The lowest BCUT2D eigenvalue weighted by molar-refractivity contribution is 0.0177. The Labute approximate surface area is 587 Å². The Morgan fingerprint density at radius 3 is 1.47 bits per heavy atom. The van der Waals surface area contributed by atoms with Crippen LogP contribution in [-0.2, 0) is 53.4 Å². The highest BCUT2D eigenvalue weighted by Crippen LogP contribution is 2.38. The number of rotatable bonds is 16. The zero-order chi connectivity index (χ0) is 70.0. The monoisotopic (exact) mass is 1370 g/mol. The predicted octanol–water partition coefficient (Wildman–Crippen LogP) is 11.7. The summed E-state index contributed by atoms with van der Waals surface area (Å²) in [5.41, 5.74) is 7.06. The molecule has 3 amide bonds. The van der Waals surface area contributed by atoms with Gasteiger partial charge in [0, 0.05) is 105 Å². The fraction of sp³-hybridized carbons (Fsp3) is 0.416. The van der Waals surface area contributed by atoms with Crippen molar-refractivity contribution in [2.75, 3.05) is 111 Å². The molecule has 14 rings (SSSR count). The second kappa shape index (κ2) is 31.3. The molecule has 2 unspecified atom stereocenters. The number of carbonyl (C=O) groups excluding carboxylic acids is 3. The number of carbonyl (C=O) groups is 3. The molecule has 1 N–H and O–H groups in total. The van der Waals surface area contributed by atoms with Crippen LogP contribution in [0.1, 0.15) is 67.3 Å². The number of alkyl halides is 2. The van der Waals surface area contributed by atoms with Crippen LogP contribution in [0.3, 0.4) is 0 Å². The molecule has 24 heteroatoms. The number of ether oxygens (including phenoxy) is 5. The van der Waals surface area contributed by atoms with Gasteiger partial charge in [-0.25, -0.2) is 36.3 Å². The summed E-state index contributed by atoms with van der Waals surface area (Å²) in [5, 5.41) is 7.84. The van der Waals surface area contributed by atoms with Gasteiger partial charge in [-0.2, -0.15) is 19.9 Å². The van der Waals surface area contributed by atoms with Gasteiger partial charge >= 0.3 is 30.3 Å². The van der Waals surface area contributed by atoms with Crippen molar-refractivity contribution in [3.8, 4) is 12.0 Å². The Kier molecular flexibility index (Phi) is 21.4. The summed E-state index contributed by atoms with van der Waals surface area (Å²) in [5.74, 6) is 1.47. The molecule has 2 aromatic heterocycles. The highest BCUT2D eigenvalue weighted by atomic mass is 19.1. The van der Waals surface area contributed by atoms with Crippen molar-refractivity contribution in [2.24, 2.45) is 0 Å². The highest BCUT2D eigenvalue weighted by Gasteiger charge is 2.41. The Bertz CT molecular complexity index is 4320. The molecule has 6 atom stereocenters. The van der Waals surface area contributed by atoms with Crippen LogP contribution in [0.25, 0.3) is 31.2 Å². The van der Waals surface area contributed by atoms with Crippen LogP contribution >= 0.6 is 0 Å². The smallest absolute Gasteiger partial charge is 0.410 e. The molecule has 101 heavy (non-hydrogen) atoms. The molecule has 8 heterocycles. The van der Waals surface area contributed by atoms with E-state index < -0.39 is 48.3 Å². The number of aromatic nitrogens is 4. The number of hydrogen-bond donors (Lipinski definition) is 1. The van der Waals surface area contributed by atoms with Crippen molar-refractivity contribution >= 4 is 62.8 Å². The predicted molar refractivity (Wildman–Crippen MR) is 382 cm³/mol. The van der Waals surface area contributed by atoms with Crippen LogP contribution < -0.4 is 34.4 Å². The summed E-state index contributed by atoms with van der Waals surface area (Å²) in [6.07, 6.45) is -1.63. The number of halogens is 2. The van der Waals surface area contributed by atoms with E-state index in [0.717, 1.165) is 81.1 Å². The third kappa shape index (κ3) is 16.5. The van der Waals surface area contributed by atoms with E-state index in [0.29, 0.717) is 77.6 Å². The average molecular weight is 1370 g/mol. The number of likely N-dealkylation sites (tertiary alicyclic amines) is 1. The first-order valence-corrected chi connectivity index (χ1v) is 34.7. The first-order chi connectivity index (χ1) is 49.1. The summed E-state index contributed by atoms with van der Waals surface area (Å²) in [6, 6.07) is 47.3. The van der Waals surface area contributed by atoms with Gasteiger partial charge in [0.15, 0.2) is 0 Å². The van der Waals surface area contributed by atoms with E-state index in [1.165, 1.54) is 15.7 Å². The standard InChI is InChI=1S/C41H46FN7O5.C36H38FN7O3/c1-41(2,3)54-40(51)49-23-30(42)21-31(49)27-52-38-44-35-25-46(36-16-10-14-29-13-8-9-15-33(29)36)18-17-34(35)37(45-38)47-19-20-48(32(24-47)22-43-4)39(50)53-26-28-11-6-5-7-12-28;1-38-20-29-21-43(16-17-44(29)36(45)47-23-25-8-3-2-4-9-25)34-31-14-15-42(33-13-7-11-26-10-5-6-12-30(26)33)22-32(31)40-35(41-34)46-24-28-18-27(37)19-39-28/h5-16,30-32H,17-27H2,1-3H3;2-13,27-29,39H,14-24H2/t30-,31+,32?;27-,28+,29?/m11/s1. The van der Waals surface area contributed by atoms with E-state index in [9.17, 15) is 23.2 Å². The number of amides is 3. The zero-order valence-corrected chi connectivity index (χ0v) is 57.2. The second-order valence-electron chi connectivity index (χ2n) is 27.4. The van der Waals surface area contributed by atoms with E-state index in [-0.39, 0.29) is 76.6 Å². The summed E-state index contributed by atoms with van der Waals surface area (Å²) in [4.78, 5) is 80.1. The largest absolute Gasteiger partial charge is 0.462 e. The highest BCUT2D eigenvalue weighted by molar-refractivity contribution is 5.95. The van der Waals surface area contributed by atoms with Gasteiger partial charge in [0.1, 0.15) is 68.1 Å². The minimum Gasteiger partial charge on any atom is -0.462 e. The van der Waals surface area contributed by atoms with Crippen LogP contribution in [-0.4, -0.2) is 187 Å². The number of nitrogens with one attached hydrogen (secondary N) is 1. The van der Waals surface area contributed by atoms with Gasteiger partial charge in [-0.05, 0) is 74.1 Å². The van der Waals surface area contributed by atoms with E-state index >= 15 is 0 Å². The number of piperazine rings is 2. The Balaban J connectivity index is 0.000000182.